The molecule has 0 fully saturated rings. The second kappa shape index (κ2) is 9.00. The molecule has 1 atom stereocenters. The van der Waals surface area contributed by atoms with E-state index in [4.69, 9.17) is 9.47 Å². The first kappa shape index (κ1) is 13.4. The lowest BCUT2D eigenvalue weighted by molar-refractivity contribution is -0.146. The van der Waals surface area contributed by atoms with Gasteiger partial charge < -0.3 is 9.47 Å². The van der Waals surface area contributed by atoms with Gasteiger partial charge in [0.05, 0.1) is 13.0 Å². The molecular weight excluding hydrogens is 180 g/mol. The number of ether oxygens (including phenoxy) is 2. The molecule has 0 aromatic carbocycles. The minimum absolute atomic E-state index is 0.0199. The number of hydrogen-bond donors (Lipinski definition) is 0. The largest absolute Gasteiger partial charge is 0.469 e. The van der Waals surface area contributed by atoms with E-state index in [-0.39, 0.29) is 11.9 Å². The SMILES string of the molecule is CCCCC(CCOCC)C(=O)OC. The summed E-state index contributed by atoms with van der Waals surface area (Å²) < 4.78 is 9.98. The third-order valence-electron chi connectivity index (χ3n) is 2.26. The highest BCUT2D eigenvalue weighted by Crippen LogP contribution is 2.14. The summed E-state index contributed by atoms with van der Waals surface area (Å²) >= 11 is 0. The molecule has 0 aliphatic rings. The molecule has 0 heterocycles. The van der Waals surface area contributed by atoms with Crippen molar-refractivity contribution in [3.63, 3.8) is 0 Å². The molecule has 0 N–H and O–H groups in total. The molecule has 0 spiro atoms. The van der Waals surface area contributed by atoms with Crippen LogP contribution >= 0.6 is 0 Å². The summed E-state index contributed by atoms with van der Waals surface area (Å²) in [6.07, 6.45) is 3.88. The van der Waals surface area contributed by atoms with Crippen LogP contribution in [0.5, 0.6) is 0 Å². The predicted molar refractivity (Wildman–Crippen MR) is 56.1 cm³/mol. The van der Waals surface area contributed by atoms with Crippen LogP contribution in [0.2, 0.25) is 0 Å². The zero-order valence-corrected chi connectivity index (χ0v) is 9.54. The van der Waals surface area contributed by atoms with Crippen molar-refractivity contribution < 1.29 is 14.3 Å². The number of carbonyl (C=O) groups excluding carboxylic acids is 1. The summed E-state index contributed by atoms with van der Waals surface area (Å²) in [4.78, 5) is 11.3. The van der Waals surface area contributed by atoms with E-state index in [1.807, 2.05) is 6.92 Å². The third-order valence-corrected chi connectivity index (χ3v) is 2.26. The number of methoxy groups -OCH3 is 1. The highest BCUT2D eigenvalue weighted by atomic mass is 16.5. The maximum atomic E-state index is 11.3. The molecule has 0 aromatic rings. The molecule has 3 heteroatoms. The van der Waals surface area contributed by atoms with Crippen molar-refractivity contribution in [1.82, 2.24) is 0 Å². The number of esters is 1. The van der Waals surface area contributed by atoms with Gasteiger partial charge in [-0.05, 0) is 19.8 Å². The summed E-state index contributed by atoms with van der Waals surface area (Å²) in [5.74, 6) is -0.0790. The molecule has 14 heavy (non-hydrogen) atoms. The fraction of sp³-hybridized carbons (Fsp3) is 0.909. The Morgan fingerprint density at radius 2 is 2.00 bits per heavy atom. The van der Waals surface area contributed by atoms with E-state index in [1.54, 1.807) is 0 Å². The van der Waals surface area contributed by atoms with Crippen LogP contribution in [-0.4, -0.2) is 26.3 Å². The smallest absolute Gasteiger partial charge is 0.308 e. The molecule has 3 nitrogen and oxygen atoms in total. The van der Waals surface area contributed by atoms with Gasteiger partial charge in [-0.2, -0.15) is 0 Å². The van der Waals surface area contributed by atoms with Gasteiger partial charge in [0.1, 0.15) is 0 Å². The summed E-state index contributed by atoms with van der Waals surface area (Å²) in [6, 6.07) is 0. The minimum atomic E-state index is -0.0989. The lowest BCUT2D eigenvalue weighted by atomic mass is 9.99. The third kappa shape index (κ3) is 5.97. The molecule has 0 amide bonds. The Kier molecular flexibility index (Phi) is 8.64. The quantitative estimate of drug-likeness (QED) is 0.448. The van der Waals surface area contributed by atoms with Crippen molar-refractivity contribution in [1.29, 1.82) is 0 Å². The number of rotatable bonds is 8. The first-order valence-electron chi connectivity index (χ1n) is 5.41. The Bertz CT molecular complexity index is 145. The Morgan fingerprint density at radius 3 is 2.50 bits per heavy atom. The average Bonchev–Trinajstić information content (AvgIpc) is 2.22. The van der Waals surface area contributed by atoms with Gasteiger partial charge in [0.2, 0.25) is 0 Å². The molecule has 0 saturated heterocycles. The van der Waals surface area contributed by atoms with Crippen LogP contribution in [0.3, 0.4) is 0 Å². The second-order valence-corrected chi connectivity index (χ2v) is 3.35. The molecule has 1 unspecified atom stereocenters. The monoisotopic (exact) mass is 202 g/mol. The topological polar surface area (TPSA) is 35.5 Å². The van der Waals surface area contributed by atoms with Crippen LogP contribution in [0.25, 0.3) is 0 Å². The molecule has 0 radical (unpaired) electrons. The molecule has 84 valence electrons. The maximum absolute atomic E-state index is 11.3. The summed E-state index contributed by atoms with van der Waals surface area (Å²) in [5, 5.41) is 0. The molecule has 0 rings (SSSR count). The lowest BCUT2D eigenvalue weighted by Gasteiger charge is -2.13. The molecule has 0 aromatic heterocycles. The van der Waals surface area contributed by atoms with Crippen LogP contribution in [0.15, 0.2) is 0 Å². The highest BCUT2D eigenvalue weighted by molar-refractivity contribution is 5.72. The van der Waals surface area contributed by atoms with E-state index in [2.05, 4.69) is 6.92 Å². The van der Waals surface area contributed by atoms with Crippen molar-refractivity contribution in [3.05, 3.63) is 0 Å². The number of hydrogen-bond acceptors (Lipinski definition) is 3. The molecular formula is C11H22O3. The van der Waals surface area contributed by atoms with Gasteiger partial charge in [0.25, 0.3) is 0 Å². The zero-order valence-electron chi connectivity index (χ0n) is 9.54. The van der Waals surface area contributed by atoms with Crippen LogP contribution in [0, 0.1) is 5.92 Å². The minimum Gasteiger partial charge on any atom is -0.469 e. The average molecular weight is 202 g/mol. The Balaban J connectivity index is 3.78. The van der Waals surface area contributed by atoms with E-state index in [0.29, 0.717) is 13.2 Å². The van der Waals surface area contributed by atoms with Gasteiger partial charge >= 0.3 is 5.97 Å². The molecule has 0 aliphatic carbocycles. The summed E-state index contributed by atoms with van der Waals surface area (Å²) in [5.41, 5.74) is 0. The van der Waals surface area contributed by atoms with Gasteiger partial charge in [-0.25, -0.2) is 0 Å². The van der Waals surface area contributed by atoms with Crippen LogP contribution < -0.4 is 0 Å². The van der Waals surface area contributed by atoms with Gasteiger partial charge in [-0.1, -0.05) is 19.8 Å². The van der Waals surface area contributed by atoms with Crippen LogP contribution in [-0.2, 0) is 14.3 Å². The Hall–Kier alpha value is -0.570. The van der Waals surface area contributed by atoms with E-state index < -0.39 is 0 Å². The first-order valence-corrected chi connectivity index (χ1v) is 5.41. The zero-order chi connectivity index (χ0) is 10.8. The number of carbonyl (C=O) groups is 1. The maximum Gasteiger partial charge on any atom is 0.308 e. The standard InChI is InChI=1S/C11H22O3/c1-4-6-7-10(11(12)13-3)8-9-14-5-2/h10H,4-9H2,1-3H3. The van der Waals surface area contributed by atoms with Gasteiger partial charge in [-0.3, -0.25) is 4.79 Å². The van der Waals surface area contributed by atoms with Crippen LogP contribution in [0.1, 0.15) is 39.5 Å². The Morgan fingerprint density at radius 1 is 1.29 bits per heavy atom. The van der Waals surface area contributed by atoms with Crippen molar-refractivity contribution in [2.45, 2.75) is 39.5 Å². The molecule has 0 bridgehead atoms. The van der Waals surface area contributed by atoms with E-state index >= 15 is 0 Å². The van der Waals surface area contributed by atoms with Crippen molar-refractivity contribution in [2.24, 2.45) is 5.92 Å². The molecule has 0 saturated carbocycles. The van der Waals surface area contributed by atoms with Gasteiger partial charge in [-0.15, -0.1) is 0 Å². The fourth-order valence-electron chi connectivity index (χ4n) is 1.37. The van der Waals surface area contributed by atoms with Gasteiger partial charge in [0, 0.05) is 13.2 Å². The van der Waals surface area contributed by atoms with Crippen LogP contribution in [0.4, 0.5) is 0 Å². The van der Waals surface area contributed by atoms with Crippen molar-refractivity contribution >= 4 is 5.97 Å². The molecule has 0 aliphatic heterocycles. The predicted octanol–water partition coefficient (Wildman–Crippen LogP) is 2.39. The Labute approximate surface area is 86.8 Å². The normalized spacial score (nSPS) is 12.5. The highest BCUT2D eigenvalue weighted by Gasteiger charge is 2.17. The van der Waals surface area contributed by atoms with E-state index in [9.17, 15) is 4.79 Å². The van der Waals surface area contributed by atoms with Gasteiger partial charge in [0.15, 0.2) is 0 Å². The first-order chi connectivity index (χ1) is 6.76. The second-order valence-electron chi connectivity index (χ2n) is 3.35. The lowest BCUT2D eigenvalue weighted by Crippen LogP contribution is -2.18. The van der Waals surface area contributed by atoms with Crippen molar-refractivity contribution in [3.8, 4) is 0 Å². The van der Waals surface area contributed by atoms with E-state index in [1.165, 1.54) is 7.11 Å². The van der Waals surface area contributed by atoms with Crippen molar-refractivity contribution in [2.75, 3.05) is 20.3 Å². The summed E-state index contributed by atoms with van der Waals surface area (Å²) in [7, 11) is 1.45. The fourth-order valence-corrected chi connectivity index (χ4v) is 1.37. The number of unbranched alkanes of at least 4 members (excludes halogenated alkanes) is 1. The van der Waals surface area contributed by atoms with E-state index in [0.717, 1.165) is 25.7 Å². The summed E-state index contributed by atoms with van der Waals surface area (Å²) in [6.45, 7) is 5.44.